The lowest BCUT2D eigenvalue weighted by atomic mass is 10.0. The Labute approximate surface area is 94.3 Å². The summed E-state index contributed by atoms with van der Waals surface area (Å²) in [6.07, 6.45) is 0.375. The van der Waals surface area contributed by atoms with Gasteiger partial charge in [-0.05, 0) is 6.42 Å². The molecule has 3 N–H and O–H groups in total. The molecule has 0 radical (unpaired) electrons. The lowest BCUT2D eigenvalue weighted by molar-refractivity contribution is -0.151. The fraction of sp³-hybridized carbons (Fsp3) is 0.800. The molecule has 0 aromatic carbocycles. The molecule has 3 atom stereocenters. The summed E-state index contributed by atoms with van der Waals surface area (Å²) in [5.74, 6) is -1.66. The number of hydrogen-bond acceptors (Lipinski definition) is 4. The van der Waals surface area contributed by atoms with Crippen LogP contribution in [-0.2, 0) is 14.3 Å². The lowest BCUT2D eigenvalue weighted by Gasteiger charge is -2.27. The molecule has 1 heterocycles. The van der Waals surface area contributed by atoms with Crippen molar-refractivity contribution in [3.63, 3.8) is 0 Å². The van der Waals surface area contributed by atoms with Crippen LogP contribution in [0.1, 0.15) is 13.3 Å². The predicted molar refractivity (Wildman–Crippen MR) is 56.8 cm³/mol. The summed E-state index contributed by atoms with van der Waals surface area (Å²) < 4.78 is 5.09. The lowest BCUT2D eigenvalue weighted by Crippen LogP contribution is -2.48. The first kappa shape index (κ1) is 12.9. The third kappa shape index (κ3) is 2.51. The van der Waals surface area contributed by atoms with Crippen molar-refractivity contribution in [2.75, 3.05) is 20.3 Å². The fourth-order valence-corrected chi connectivity index (χ4v) is 1.85. The van der Waals surface area contributed by atoms with Gasteiger partial charge in [0.05, 0.1) is 19.1 Å². The van der Waals surface area contributed by atoms with E-state index in [-0.39, 0.29) is 18.6 Å². The van der Waals surface area contributed by atoms with Gasteiger partial charge in [-0.3, -0.25) is 4.79 Å². The number of rotatable bonds is 4. The Morgan fingerprint density at radius 1 is 1.56 bits per heavy atom. The molecule has 3 unspecified atom stereocenters. The van der Waals surface area contributed by atoms with Crippen molar-refractivity contribution in [3.8, 4) is 0 Å². The van der Waals surface area contributed by atoms with Gasteiger partial charge in [-0.1, -0.05) is 6.92 Å². The SMILES string of the molecule is CCC(C(=O)O)N(C)C(=O)C1COCC1N. The average molecular weight is 230 g/mol. The molecule has 0 aliphatic carbocycles. The van der Waals surface area contributed by atoms with Gasteiger partial charge in [0.1, 0.15) is 6.04 Å². The summed E-state index contributed by atoms with van der Waals surface area (Å²) in [5, 5.41) is 8.94. The van der Waals surface area contributed by atoms with Crippen molar-refractivity contribution in [2.24, 2.45) is 11.7 Å². The fourth-order valence-electron chi connectivity index (χ4n) is 1.85. The third-order valence-electron chi connectivity index (χ3n) is 2.93. The third-order valence-corrected chi connectivity index (χ3v) is 2.93. The number of amides is 1. The molecule has 0 spiro atoms. The number of likely N-dealkylation sites (N-methyl/N-ethyl adjacent to an activating group) is 1. The summed E-state index contributed by atoms with van der Waals surface area (Å²) in [4.78, 5) is 24.1. The Balaban J connectivity index is 2.68. The number of hydrogen-bond donors (Lipinski definition) is 2. The highest BCUT2D eigenvalue weighted by Gasteiger charge is 2.36. The Hall–Kier alpha value is -1.14. The van der Waals surface area contributed by atoms with E-state index in [4.69, 9.17) is 15.6 Å². The van der Waals surface area contributed by atoms with E-state index in [0.717, 1.165) is 0 Å². The van der Waals surface area contributed by atoms with Gasteiger partial charge >= 0.3 is 5.97 Å². The van der Waals surface area contributed by atoms with Crippen molar-refractivity contribution in [2.45, 2.75) is 25.4 Å². The second-order valence-corrected chi connectivity index (χ2v) is 4.02. The Morgan fingerprint density at radius 2 is 2.19 bits per heavy atom. The number of carboxylic acids is 1. The summed E-state index contributed by atoms with van der Waals surface area (Å²) in [7, 11) is 1.50. The first-order chi connectivity index (χ1) is 7.49. The van der Waals surface area contributed by atoms with Crippen LogP contribution in [-0.4, -0.2) is 54.2 Å². The number of aliphatic carboxylic acids is 1. The molecule has 6 nitrogen and oxygen atoms in total. The van der Waals surface area contributed by atoms with Gasteiger partial charge in [-0.25, -0.2) is 4.79 Å². The first-order valence-electron chi connectivity index (χ1n) is 5.31. The van der Waals surface area contributed by atoms with Gasteiger partial charge in [0, 0.05) is 13.1 Å². The second-order valence-electron chi connectivity index (χ2n) is 4.02. The molecule has 1 aliphatic rings. The maximum absolute atomic E-state index is 12.0. The van der Waals surface area contributed by atoms with Crippen molar-refractivity contribution >= 4 is 11.9 Å². The molecule has 0 saturated carbocycles. The highest BCUT2D eigenvalue weighted by molar-refractivity contribution is 5.85. The first-order valence-corrected chi connectivity index (χ1v) is 5.31. The molecule has 0 aromatic heterocycles. The van der Waals surface area contributed by atoms with E-state index in [2.05, 4.69) is 0 Å². The molecular weight excluding hydrogens is 212 g/mol. The normalized spacial score (nSPS) is 26.4. The van der Waals surface area contributed by atoms with E-state index in [1.807, 2.05) is 0 Å². The van der Waals surface area contributed by atoms with E-state index in [0.29, 0.717) is 13.0 Å². The number of carbonyl (C=O) groups excluding carboxylic acids is 1. The minimum Gasteiger partial charge on any atom is -0.480 e. The van der Waals surface area contributed by atoms with Crippen molar-refractivity contribution in [3.05, 3.63) is 0 Å². The summed E-state index contributed by atoms with van der Waals surface area (Å²) in [6.45, 7) is 2.36. The molecule has 1 saturated heterocycles. The predicted octanol–water partition coefficient (Wildman–Crippen LogP) is -0.718. The van der Waals surface area contributed by atoms with Gasteiger partial charge in [-0.2, -0.15) is 0 Å². The van der Waals surface area contributed by atoms with Crippen LogP contribution in [0.3, 0.4) is 0 Å². The number of carboxylic acid groups (broad SMARTS) is 1. The Morgan fingerprint density at radius 3 is 2.56 bits per heavy atom. The van der Waals surface area contributed by atoms with Crippen molar-refractivity contribution in [1.29, 1.82) is 0 Å². The number of nitrogens with two attached hydrogens (primary N) is 1. The molecule has 1 fully saturated rings. The summed E-state index contributed by atoms with van der Waals surface area (Å²) in [6, 6.07) is -1.12. The Bertz CT molecular complexity index is 282. The molecule has 0 bridgehead atoms. The van der Waals surface area contributed by atoms with Crippen LogP contribution in [0, 0.1) is 5.92 Å². The maximum atomic E-state index is 12.0. The second kappa shape index (κ2) is 5.27. The van der Waals surface area contributed by atoms with Crippen molar-refractivity contribution in [1.82, 2.24) is 4.90 Å². The van der Waals surface area contributed by atoms with Gasteiger partial charge in [-0.15, -0.1) is 0 Å². The van der Waals surface area contributed by atoms with Crippen LogP contribution in [0.5, 0.6) is 0 Å². The molecule has 6 heteroatoms. The van der Waals surface area contributed by atoms with E-state index < -0.39 is 17.9 Å². The van der Waals surface area contributed by atoms with Crippen LogP contribution < -0.4 is 5.73 Å². The molecule has 0 aromatic rings. The van der Waals surface area contributed by atoms with Gasteiger partial charge in [0.2, 0.25) is 5.91 Å². The molecule has 92 valence electrons. The van der Waals surface area contributed by atoms with Gasteiger partial charge < -0.3 is 20.5 Å². The number of nitrogens with zero attached hydrogens (tertiary/aromatic N) is 1. The van der Waals surface area contributed by atoms with Crippen molar-refractivity contribution < 1.29 is 19.4 Å². The zero-order valence-electron chi connectivity index (χ0n) is 9.55. The largest absolute Gasteiger partial charge is 0.480 e. The Kier molecular flexibility index (Phi) is 4.26. The van der Waals surface area contributed by atoms with Crippen LogP contribution in [0.4, 0.5) is 0 Å². The smallest absolute Gasteiger partial charge is 0.326 e. The van der Waals surface area contributed by atoms with E-state index in [1.54, 1.807) is 6.92 Å². The highest BCUT2D eigenvalue weighted by Crippen LogP contribution is 2.16. The zero-order valence-corrected chi connectivity index (χ0v) is 9.55. The minimum absolute atomic E-state index is 0.251. The zero-order chi connectivity index (χ0) is 12.3. The van der Waals surface area contributed by atoms with Crippen LogP contribution in [0.25, 0.3) is 0 Å². The average Bonchev–Trinajstić information content (AvgIpc) is 2.63. The molecule has 1 amide bonds. The minimum atomic E-state index is -0.995. The quantitative estimate of drug-likeness (QED) is 0.665. The van der Waals surface area contributed by atoms with Crippen LogP contribution >= 0.6 is 0 Å². The standard InChI is InChI=1S/C10H18N2O4/c1-3-8(10(14)15)12(2)9(13)6-4-16-5-7(6)11/h6-8H,3-5,11H2,1-2H3,(H,14,15). The number of carbonyl (C=O) groups is 2. The summed E-state index contributed by atoms with van der Waals surface area (Å²) >= 11 is 0. The number of ether oxygens (including phenoxy) is 1. The summed E-state index contributed by atoms with van der Waals surface area (Å²) in [5.41, 5.74) is 5.72. The highest BCUT2D eigenvalue weighted by atomic mass is 16.5. The van der Waals surface area contributed by atoms with Crippen LogP contribution in [0.15, 0.2) is 0 Å². The molecule has 1 rings (SSSR count). The van der Waals surface area contributed by atoms with E-state index in [1.165, 1.54) is 11.9 Å². The van der Waals surface area contributed by atoms with E-state index in [9.17, 15) is 9.59 Å². The maximum Gasteiger partial charge on any atom is 0.326 e. The molecule has 16 heavy (non-hydrogen) atoms. The van der Waals surface area contributed by atoms with Gasteiger partial charge in [0.25, 0.3) is 0 Å². The topological polar surface area (TPSA) is 92.9 Å². The van der Waals surface area contributed by atoms with Gasteiger partial charge in [0.15, 0.2) is 0 Å². The van der Waals surface area contributed by atoms with Crippen LogP contribution in [0.2, 0.25) is 0 Å². The molecular formula is C10H18N2O4. The monoisotopic (exact) mass is 230 g/mol. The molecule has 1 aliphatic heterocycles. The van der Waals surface area contributed by atoms with E-state index >= 15 is 0 Å².